The average Bonchev–Trinajstić information content (AvgIpc) is 2.14. The minimum atomic E-state index is -1.75. The number of hydrogen-bond acceptors (Lipinski definition) is 3. The molecule has 0 aromatic carbocycles. The summed E-state index contributed by atoms with van der Waals surface area (Å²) in [5, 5.41) is 18.3. The molecule has 66 valence electrons. The van der Waals surface area contributed by atoms with Crippen LogP contribution in [0.3, 0.4) is 0 Å². The molecule has 0 bridgehead atoms. The van der Waals surface area contributed by atoms with E-state index in [0.29, 0.717) is 6.42 Å². The van der Waals surface area contributed by atoms with Gasteiger partial charge in [-0.15, -0.1) is 0 Å². The topological polar surface area (TPSA) is 49.7 Å². The van der Waals surface area contributed by atoms with Gasteiger partial charge in [-0.3, -0.25) is 0 Å². The van der Waals surface area contributed by atoms with Gasteiger partial charge in [-0.1, -0.05) is 6.92 Å². The third-order valence-electron chi connectivity index (χ3n) is 2.09. The summed E-state index contributed by atoms with van der Waals surface area (Å²) in [5.74, 6) is 0. The van der Waals surface area contributed by atoms with E-state index in [9.17, 15) is 9.50 Å². The highest BCUT2D eigenvalue weighted by Gasteiger charge is 2.52. The summed E-state index contributed by atoms with van der Waals surface area (Å²) in [5.41, 5.74) is -1.75. The molecule has 2 N–H and O–H groups in total. The molecule has 1 aliphatic heterocycles. The van der Waals surface area contributed by atoms with Crippen molar-refractivity contribution in [2.45, 2.75) is 44.4 Å². The second kappa shape index (κ2) is 2.69. The van der Waals surface area contributed by atoms with Crippen molar-refractivity contribution in [3.05, 3.63) is 0 Å². The van der Waals surface area contributed by atoms with E-state index in [2.05, 4.69) is 0 Å². The summed E-state index contributed by atoms with van der Waals surface area (Å²) in [4.78, 5) is 0. The van der Waals surface area contributed by atoms with E-state index in [0.717, 1.165) is 0 Å². The van der Waals surface area contributed by atoms with Crippen LogP contribution in [0.5, 0.6) is 0 Å². The van der Waals surface area contributed by atoms with Crippen LogP contribution in [0.2, 0.25) is 0 Å². The van der Waals surface area contributed by atoms with Gasteiger partial charge < -0.3 is 14.9 Å². The monoisotopic (exact) mass is 164 g/mol. The second-order valence-electron chi connectivity index (χ2n) is 3.06. The summed E-state index contributed by atoms with van der Waals surface area (Å²) in [6.45, 7) is 2.98. The lowest BCUT2D eigenvalue weighted by Gasteiger charge is -2.20. The molecule has 1 heterocycles. The van der Waals surface area contributed by atoms with Crippen LogP contribution in [0.25, 0.3) is 0 Å². The highest BCUT2D eigenvalue weighted by atomic mass is 19.1. The van der Waals surface area contributed by atoms with Gasteiger partial charge in [0.05, 0.1) is 6.10 Å². The summed E-state index contributed by atoms with van der Waals surface area (Å²) in [6.07, 6.45) is -3.13. The van der Waals surface area contributed by atoms with Crippen molar-refractivity contribution in [1.29, 1.82) is 0 Å². The molecule has 0 amide bonds. The average molecular weight is 164 g/mol. The van der Waals surface area contributed by atoms with Crippen LogP contribution in [-0.2, 0) is 4.74 Å². The van der Waals surface area contributed by atoms with Crippen molar-refractivity contribution >= 4 is 0 Å². The maximum absolute atomic E-state index is 13.1. The molecular formula is C7H13FO3. The molecule has 0 radical (unpaired) electrons. The largest absolute Gasteiger partial charge is 0.382 e. The third-order valence-corrected chi connectivity index (χ3v) is 2.09. The van der Waals surface area contributed by atoms with Crippen molar-refractivity contribution in [3.63, 3.8) is 0 Å². The fourth-order valence-corrected chi connectivity index (χ4v) is 1.19. The van der Waals surface area contributed by atoms with E-state index < -0.39 is 24.2 Å². The Morgan fingerprint density at radius 3 is 2.36 bits per heavy atom. The molecule has 0 aliphatic carbocycles. The lowest BCUT2D eigenvalue weighted by molar-refractivity contribution is -0.164. The summed E-state index contributed by atoms with van der Waals surface area (Å²) >= 11 is 0. The second-order valence-corrected chi connectivity index (χ2v) is 3.06. The van der Waals surface area contributed by atoms with Crippen molar-refractivity contribution < 1.29 is 19.3 Å². The smallest absolute Gasteiger partial charge is 0.186 e. The Balaban J connectivity index is 2.71. The normalized spacial score (nSPS) is 51.5. The lowest BCUT2D eigenvalue weighted by Crippen LogP contribution is -2.42. The highest BCUT2D eigenvalue weighted by Crippen LogP contribution is 2.33. The minimum absolute atomic E-state index is 0.453. The van der Waals surface area contributed by atoms with E-state index in [1.807, 2.05) is 0 Å². The predicted molar refractivity (Wildman–Crippen MR) is 36.7 cm³/mol. The molecule has 11 heavy (non-hydrogen) atoms. The molecule has 0 saturated carbocycles. The number of aliphatic hydroxyl groups is 2. The van der Waals surface area contributed by atoms with Gasteiger partial charge in [0.1, 0.15) is 5.60 Å². The first-order valence-corrected chi connectivity index (χ1v) is 3.70. The van der Waals surface area contributed by atoms with Gasteiger partial charge in [0.25, 0.3) is 0 Å². The highest BCUT2D eigenvalue weighted by molar-refractivity contribution is 4.95. The molecule has 3 nitrogen and oxygen atoms in total. The van der Waals surface area contributed by atoms with Gasteiger partial charge in [0.15, 0.2) is 12.5 Å². The van der Waals surface area contributed by atoms with Gasteiger partial charge in [0, 0.05) is 0 Å². The van der Waals surface area contributed by atoms with Gasteiger partial charge >= 0.3 is 0 Å². The zero-order valence-corrected chi connectivity index (χ0v) is 6.62. The molecule has 1 fully saturated rings. The van der Waals surface area contributed by atoms with Crippen molar-refractivity contribution in [3.8, 4) is 0 Å². The van der Waals surface area contributed by atoms with Gasteiger partial charge in [-0.05, 0) is 13.3 Å². The van der Waals surface area contributed by atoms with Gasteiger partial charge in [-0.25, -0.2) is 4.39 Å². The Hall–Kier alpha value is -0.190. The first-order chi connectivity index (χ1) is 5.00. The van der Waals surface area contributed by atoms with Crippen LogP contribution >= 0.6 is 0 Å². The molecule has 1 rings (SSSR count). The number of halogens is 1. The van der Waals surface area contributed by atoms with E-state index >= 15 is 0 Å². The quantitative estimate of drug-likeness (QED) is 0.582. The number of ether oxygens (including phenoxy) is 1. The standard InChI is InChI=1S/C7H13FO3/c1-3-4-5(8)7(2,10)6(9)11-4/h4-6,9-10H,3H2,1-2H3/t4-,5+,6?,7-/m1/s1. The van der Waals surface area contributed by atoms with Crippen LogP contribution in [0.4, 0.5) is 4.39 Å². The van der Waals surface area contributed by atoms with Crippen LogP contribution in [0, 0.1) is 0 Å². The fraction of sp³-hybridized carbons (Fsp3) is 1.00. The zero-order chi connectivity index (χ0) is 8.65. The molecule has 1 unspecified atom stereocenters. The summed E-state index contributed by atoms with van der Waals surface area (Å²) in [7, 11) is 0. The van der Waals surface area contributed by atoms with Crippen LogP contribution in [-0.4, -0.2) is 34.4 Å². The molecule has 0 aromatic heterocycles. The Bertz CT molecular complexity index is 149. The molecule has 0 aromatic rings. The SMILES string of the molecule is CC[C@H]1OC(O)[C@](C)(O)[C@H]1F. The Labute approximate surface area is 64.8 Å². The van der Waals surface area contributed by atoms with E-state index in [4.69, 9.17) is 9.84 Å². The van der Waals surface area contributed by atoms with Crippen LogP contribution in [0.1, 0.15) is 20.3 Å². The maximum Gasteiger partial charge on any atom is 0.186 e. The van der Waals surface area contributed by atoms with Crippen LogP contribution < -0.4 is 0 Å². The first-order valence-electron chi connectivity index (χ1n) is 3.70. The summed E-state index contributed by atoms with van der Waals surface area (Å²) in [6, 6.07) is 0. The van der Waals surface area contributed by atoms with Crippen molar-refractivity contribution in [2.75, 3.05) is 0 Å². The van der Waals surface area contributed by atoms with E-state index in [-0.39, 0.29) is 0 Å². The van der Waals surface area contributed by atoms with Crippen molar-refractivity contribution in [2.24, 2.45) is 0 Å². The molecule has 4 atom stereocenters. The number of aliphatic hydroxyl groups excluding tert-OH is 1. The number of hydrogen-bond donors (Lipinski definition) is 2. The molecule has 0 spiro atoms. The number of alkyl halides is 1. The van der Waals surface area contributed by atoms with E-state index in [1.54, 1.807) is 6.92 Å². The fourth-order valence-electron chi connectivity index (χ4n) is 1.19. The Morgan fingerprint density at radius 1 is 1.64 bits per heavy atom. The van der Waals surface area contributed by atoms with Gasteiger partial charge in [0.2, 0.25) is 0 Å². The predicted octanol–water partition coefficient (Wildman–Crippen LogP) is 0.203. The minimum Gasteiger partial charge on any atom is -0.382 e. The third kappa shape index (κ3) is 1.26. The Morgan fingerprint density at radius 2 is 2.18 bits per heavy atom. The van der Waals surface area contributed by atoms with Crippen molar-refractivity contribution in [1.82, 2.24) is 0 Å². The molecule has 1 aliphatic rings. The molecule has 1 saturated heterocycles. The Kier molecular flexibility index (Phi) is 2.18. The first kappa shape index (κ1) is 8.90. The number of rotatable bonds is 1. The maximum atomic E-state index is 13.1. The molecule has 4 heteroatoms. The van der Waals surface area contributed by atoms with Gasteiger partial charge in [-0.2, -0.15) is 0 Å². The van der Waals surface area contributed by atoms with E-state index in [1.165, 1.54) is 6.92 Å². The zero-order valence-electron chi connectivity index (χ0n) is 6.62. The van der Waals surface area contributed by atoms with Crippen LogP contribution in [0.15, 0.2) is 0 Å². The molecular weight excluding hydrogens is 151 g/mol. The summed E-state index contributed by atoms with van der Waals surface area (Å²) < 4.78 is 17.9. The lowest BCUT2D eigenvalue weighted by atomic mass is 9.98.